The Morgan fingerprint density at radius 2 is 1.70 bits per heavy atom. The number of cyclic esters (lactones) is 1. The van der Waals surface area contributed by atoms with Crippen LogP contribution < -0.4 is 5.32 Å². The molecule has 8 nitrogen and oxygen atoms in total. The summed E-state index contributed by atoms with van der Waals surface area (Å²) in [6, 6.07) is 6.90. The number of aromatic nitrogens is 1. The highest BCUT2D eigenvalue weighted by atomic mass is 32.3. The Hall–Kier alpha value is -2.01. The first-order chi connectivity index (χ1) is 26.1. The van der Waals surface area contributed by atoms with E-state index >= 15 is 0 Å². The number of piperidine rings is 1. The number of nitrogens with one attached hydrogen (secondary N) is 1. The molecular weight excluding hydrogens is 719 g/mol. The second-order valence-electron chi connectivity index (χ2n) is 16.7. The smallest absolute Gasteiger partial charge is 0.308 e. The van der Waals surface area contributed by atoms with E-state index in [1.54, 1.807) is 6.92 Å². The van der Waals surface area contributed by atoms with E-state index in [1.165, 1.54) is 64.7 Å². The Morgan fingerprint density at radius 1 is 1.04 bits per heavy atom. The second kappa shape index (κ2) is 31.0. The topological polar surface area (TPSA) is 93.2 Å². The summed E-state index contributed by atoms with van der Waals surface area (Å²) in [5.74, 6) is 1.15. The van der Waals surface area contributed by atoms with Gasteiger partial charge in [-0.05, 0) is 122 Å². The molecule has 0 spiro atoms. The molecule has 1 aromatic heterocycles. The van der Waals surface area contributed by atoms with E-state index < -0.39 is 16.6 Å². The fourth-order valence-corrected chi connectivity index (χ4v) is 7.42. The summed E-state index contributed by atoms with van der Waals surface area (Å²) < 4.78 is 16.6. The third-order valence-electron chi connectivity index (χ3n) is 10.5. The minimum atomic E-state index is -1.24. The Morgan fingerprint density at radius 3 is 2.23 bits per heavy atom. The molecular formula is C47H87N3O5S. The number of allylic oxidation sites excluding steroid dienone is 5. The monoisotopic (exact) mass is 806 g/mol. The van der Waals surface area contributed by atoms with E-state index in [1.807, 2.05) is 50.4 Å². The van der Waals surface area contributed by atoms with E-state index in [9.17, 15) is 4.79 Å². The first-order valence-electron chi connectivity index (χ1n) is 21.3. The molecule has 2 fully saturated rings. The molecule has 5 unspecified atom stereocenters. The summed E-state index contributed by atoms with van der Waals surface area (Å²) in [6.45, 7) is 24.8. The molecule has 5 atom stereocenters. The number of nitrogens with zero attached hydrogens (tertiary/aromatic N) is 2. The first kappa shape index (κ1) is 54.0. The highest BCUT2D eigenvalue weighted by molar-refractivity contribution is 8.29. The Labute approximate surface area is 347 Å². The molecule has 56 heavy (non-hydrogen) atoms. The fourth-order valence-electron chi connectivity index (χ4n) is 6.28. The van der Waals surface area contributed by atoms with Crippen LogP contribution in [-0.2, 0) is 18.5 Å². The number of ether oxygens (including phenoxy) is 2. The summed E-state index contributed by atoms with van der Waals surface area (Å²) in [5.41, 5.74) is 1.11. The molecule has 0 bridgehead atoms. The maximum atomic E-state index is 12.2. The van der Waals surface area contributed by atoms with Crippen molar-refractivity contribution in [2.75, 3.05) is 51.9 Å². The van der Waals surface area contributed by atoms with Gasteiger partial charge in [0, 0.05) is 41.1 Å². The van der Waals surface area contributed by atoms with Gasteiger partial charge in [-0.1, -0.05) is 104 Å². The molecule has 0 saturated carbocycles. The lowest BCUT2D eigenvalue weighted by Gasteiger charge is -2.46. The van der Waals surface area contributed by atoms with Crippen molar-refractivity contribution in [1.29, 1.82) is 0 Å². The van der Waals surface area contributed by atoms with Crippen molar-refractivity contribution in [3.63, 3.8) is 0 Å². The van der Waals surface area contributed by atoms with Gasteiger partial charge in [0.1, 0.15) is 0 Å². The van der Waals surface area contributed by atoms with Crippen LogP contribution >= 0.6 is 10.3 Å². The van der Waals surface area contributed by atoms with Gasteiger partial charge in [-0.15, -0.1) is 10.3 Å². The zero-order chi connectivity index (χ0) is 41.1. The molecule has 326 valence electrons. The standard InChI is InChI=1S/C19H36O3S.C12H15N.C11H22N2.C4H10O2.CH4/c1-15-9-8-10-16(2)14-21-18(20)13-17(12-11-15)22-23(6,7)19(3,4)5;1-3-4-5-8-11(2)12-9-6-7-10-13-12;1-2-4-10-13(9-3-1)11-5-7-12-8-6-11;1-3-6-4(2)5;/h8,10,15-17H,9,11-14H2,1-7H3;3-11H,1-2H3;11-12H,1-10H2;4-5H,3H2,1-2H3;1H4/b10-8+;4-3-,8-5+;;;. The largest absolute Gasteiger partial charge is 0.465 e. The van der Waals surface area contributed by atoms with Crippen LogP contribution in [0, 0.1) is 11.8 Å². The van der Waals surface area contributed by atoms with Crippen molar-refractivity contribution in [3.8, 4) is 0 Å². The van der Waals surface area contributed by atoms with Crippen molar-refractivity contribution in [1.82, 2.24) is 15.2 Å². The molecule has 3 aliphatic rings. The van der Waals surface area contributed by atoms with E-state index in [-0.39, 0.29) is 30.2 Å². The van der Waals surface area contributed by atoms with Crippen molar-refractivity contribution in [2.45, 2.75) is 163 Å². The minimum absolute atomic E-state index is 0. The van der Waals surface area contributed by atoms with Gasteiger partial charge in [-0.25, -0.2) is 0 Å². The molecule has 1 aromatic rings. The summed E-state index contributed by atoms with van der Waals surface area (Å²) in [4.78, 5) is 19.2. The number of rotatable bonds is 8. The lowest BCUT2D eigenvalue weighted by molar-refractivity contribution is -0.146. The van der Waals surface area contributed by atoms with Gasteiger partial charge < -0.3 is 29.0 Å². The molecule has 4 rings (SSSR count). The van der Waals surface area contributed by atoms with Gasteiger partial charge in [0.15, 0.2) is 6.29 Å². The lowest BCUT2D eigenvalue weighted by atomic mass is 9.97. The van der Waals surface area contributed by atoms with Gasteiger partial charge in [-0.2, -0.15) is 0 Å². The van der Waals surface area contributed by atoms with Crippen LogP contribution in [0.5, 0.6) is 0 Å². The molecule has 0 aromatic carbocycles. The van der Waals surface area contributed by atoms with Crippen LogP contribution in [0.15, 0.2) is 60.9 Å². The summed E-state index contributed by atoms with van der Waals surface area (Å²) >= 11 is 0. The Kier molecular flexibility index (Phi) is 29.9. The van der Waals surface area contributed by atoms with E-state index in [2.05, 4.69) is 98.3 Å². The maximum absolute atomic E-state index is 12.2. The van der Waals surface area contributed by atoms with Gasteiger partial charge in [0.05, 0.1) is 19.1 Å². The number of carbonyl (C=O) groups excluding carboxylic acids is 1. The third-order valence-corrected chi connectivity index (χ3v) is 14.2. The normalized spacial score (nSPS) is 24.1. The van der Waals surface area contributed by atoms with Gasteiger partial charge in [0.2, 0.25) is 0 Å². The predicted molar refractivity (Wildman–Crippen MR) is 244 cm³/mol. The Bertz CT molecular complexity index is 1190. The van der Waals surface area contributed by atoms with Crippen LogP contribution in [0.4, 0.5) is 0 Å². The van der Waals surface area contributed by atoms with Crippen LogP contribution in [-0.4, -0.2) is 96.0 Å². The van der Waals surface area contributed by atoms with E-state index in [0.717, 1.165) is 31.0 Å². The number of aliphatic hydroxyl groups is 1. The molecule has 2 N–H and O–H groups in total. The lowest BCUT2D eigenvalue weighted by Crippen LogP contribution is -2.43. The molecule has 9 heteroatoms. The molecule has 2 saturated heterocycles. The highest BCUT2D eigenvalue weighted by Crippen LogP contribution is 2.55. The minimum Gasteiger partial charge on any atom is -0.465 e. The number of hydrogen-bond acceptors (Lipinski definition) is 8. The predicted octanol–water partition coefficient (Wildman–Crippen LogP) is 11.0. The number of aliphatic hydroxyl groups excluding tert-OH is 1. The summed E-state index contributed by atoms with van der Waals surface area (Å²) in [7, 11) is -1.24. The SMILES string of the molecule is C.C/C=C\C=C\C(C)c1ccccn1.C1CCCN(C2CCNCC2)CC1.CC1/C=C/CC(C)CCC(OS(C)(C)C(C)(C)C)CC(=O)OC1.CCOC(C)O. The van der Waals surface area contributed by atoms with Gasteiger partial charge in [0.25, 0.3) is 0 Å². The number of hydrogen-bond donors (Lipinski definition) is 2. The molecule has 0 amide bonds. The van der Waals surface area contributed by atoms with Gasteiger partial charge >= 0.3 is 5.97 Å². The second-order valence-corrected chi connectivity index (χ2v) is 20.6. The average Bonchev–Trinajstić information content (AvgIpc) is 3.44. The highest BCUT2D eigenvalue weighted by Gasteiger charge is 2.32. The zero-order valence-corrected chi connectivity index (χ0v) is 37.8. The quantitative estimate of drug-likeness (QED) is 0.116. The van der Waals surface area contributed by atoms with Crippen molar-refractivity contribution >= 4 is 16.3 Å². The fraction of sp³-hybridized carbons (Fsp3) is 0.745. The van der Waals surface area contributed by atoms with Gasteiger partial charge in [-0.3, -0.25) is 9.78 Å². The van der Waals surface area contributed by atoms with E-state index in [4.69, 9.17) is 14.0 Å². The van der Waals surface area contributed by atoms with Crippen LogP contribution in [0.2, 0.25) is 0 Å². The van der Waals surface area contributed by atoms with Crippen molar-refractivity contribution in [3.05, 3.63) is 66.5 Å². The molecule has 3 aliphatic heterocycles. The van der Waals surface area contributed by atoms with Crippen LogP contribution in [0.1, 0.15) is 146 Å². The number of likely N-dealkylation sites (tertiary alicyclic amines) is 1. The average molecular weight is 806 g/mol. The maximum Gasteiger partial charge on any atom is 0.308 e. The summed E-state index contributed by atoms with van der Waals surface area (Å²) in [6.07, 6.45) is 30.2. The molecule has 0 radical (unpaired) electrons. The van der Waals surface area contributed by atoms with E-state index in [0.29, 0.717) is 31.5 Å². The number of pyridine rings is 1. The number of esters is 1. The van der Waals surface area contributed by atoms with Crippen LogP contribution in [0.3, 0.4) is 0 Å². The molecule has 0 aliphatic carbocycles. The zero-order valence-electron chi connectivity index (χ0n) is 36.9. The van der Waals surface area contributed by atoms with Crippen molar-refractivity contribution in [2.24, 2.45) is 11.8 Å². The van der Waals surface area contributed by atoms with Crippen LogP contribution in [0.25, 0.3) is 0 Å². The Balaban J connectivity index is 0.000000784. The first-order valence-corrected chi connectivity index (χ1v) is 23.6. The van der Waals surface area contributed by atoms with Crippen molar-refractivity contribution < 1.29 is 23.6 Å². The number of carbonyl (C=O) groups is 1. The third kappa shape index (κ3) is 25.4. The summed E-state index contributed by atoms with van der Waals surface area (Å²) in [5, 5.41) is 11.8. The molecule has 4 heterocycles.